The van der Waals surface area contributed by atoms with Crippen molar-refractivity contribution < 1.29 is 9.53 Å². The van der Waals surface area contributed by atoms with E-state index in [2.05, 4.69) is 13.2 Å². The average molecular weight is 197 g/mol. The lowest BCUT2D eigenvalue weighted by atomic mass is 10.2. The summed E-state index contributed by atoms with van der Waals surface area (Å²) in [5.41, 5.74) is 5.83. The van der Waals surface area contributed by atoms with Gasteiger partial charge in [0.05, 0.1) is 6.54 Å². The Kier molecular flexibility index (Phi) is 12.6. The molecule has 0 saturated carbocycles. The number of carbonyl (C=O) groups is 1. The van der Waals surface area contributed by atoms with Crippen LogP contribution >= 0.6 is 0 Å². The topological polar surface area (TPSA) is 52.3 Å². The lowest BCUT2D eigenvalue weighted by molar-refractivity contribution is -0.140. The Morgan fingerprint density at radius 2 is 2.00 bits per heavy atom. The summed E-state index contributed by atoms with van der Waals surface area (Å²) in [5.74, 6) is -0.424. The van der Waals surface area contributed by atoms with Gasteiger partial charge in [-0.05, 0) is 5.57 Å². The van der Waals surface area contributed by atoms with Gasteiger partial charge in [-0.1, -0.05) is 45.2 Å². The quantitative estimate of drug-likeness (QED) is 0.540. The van der Waals surface area contributed by atoms with E-state index < -0.39 is 5.97 Å². The van der Waals surface area contributed by atoms with E-state index in [0.717, 1.165) is 5.57 Å². The number of hydrogen-bond donors (Lipinski definition) is 1. The number of esters is 1. The van der Waals surface area contributed by atoms with Crippen LogP contribution in [0.4, 0.5) is 0 Å². The second-order valence-electron chi connectivity index (χ2n) is 2.05. The summed E-state index contributed by atoms with van der Waals surface area (Å²) in [6.07, 6.45) is 4.93. The molecule has 0 unspecified atom stereocenters. The molecule has 0 aliphatic heterocycles. The molecule has 80 valence electrons. The normalized spacial score (nSPS) is 9.50. The molecule has 0 rings (SSSR count). The zero-order valence-corrected chi connectivity index (χ0v) is 8.95. The molecule has 0 aromatic rings. The van der Waals surface area contributed by atoms with Gasteiger partial charge in [0, 0.05) is 0 Å². The molecule has 0 aliphatic rings. The predicted octanol–water partition coefficient (Wildman–Crippen LogP) is 1.81. The maximum absolute atomic E-state index is 10.6. The number of carbonyl (C=O) groups excluding carboxylic acids is 1. The first-order valence-electron chi connectivity index (χ1n) is 4.54. The van der Waals surface area contributed by atoms with E-state index in [0.29, 0.717) is 0 Å². The summed E-state index contributed by atoms with van der Waals surface area (Å²) in [6.45, 7) is 11.2. The Hall–Kier alpha value is -1.35. The summed E-state index contributed by atoms with van der Waals surface area (Å²) in [5, 5.41) is 0. The molecule has 0 saturated heterocycles. The average Bonchev–Trinajstić information content (AvgIpc) is 2.26. The van der Waals surface area contributed by atoms with Crippen LogP contribution < -0.4 is 5.73 Å². The Morgan fingerprint density at radius 1 is 1.43 bits per heavy atom. The molecule has 0 radical (unpaired) electrons. The van der Waals surface area contributed by atoms with Crippen LogP contribution in [0.1, 0.15) is 13.8 Å². The van der Waals surface area contributed by atoms with E-state index >= 15 is 0 Å². The number of nitrogens with two attached hydrogens (primary N) is 1. The van der Waals surface area contributed by atoms with Crippen LogP contribution in [0.5, 0.6) is 0 Å². The van der Waals surface area contributed by atoms with Crippen molar-refractivity contribution in [2.24, 2.45) is 5.73 Å². The number of allylic oxidation sites excluding steroid dienone is 2. The highest BCUT2D eigenvalue weighted by molar-refractivity contribution is 5.71. The molecule has 3 nitrogen and oxygen atoms in total. The van der Waals surface area contributed by atoms with Crippen LogP contribution in [-0.4, -0.2) is 19.1 Å². The van der Waals surface area contributed by atoms with Crippen molar-refractivity contribution in [2.75, 3.05) is 13.2 Å². The molecule has 0 aliphatic carbocycles. The van der Waals surface area contributed by atoms with Gasteiger partial charge in [0.25, 0.3) is 0 Å². The van der Waals surface area contributed by atoms with Crippen molar-refractivity contribution in [3.63, 3.8) is 0 Å². The standard InChI is InChI=1S/C9H13NO2.C2H6/c1-3-5-8(4-2)7-12-9(11)6-10;1-2/h3-5H,1-2,6-7,10H2;1-2H3/b8-5+;. The number of rotatable bonds is 5. The second-order valence-corrected chi connectivity index (χ2v) is 2.05. The van der Waals surface area contributed by atoms with E-state index in [4.69, 9.17) is 10.5 Å². The fourth-order valence-electron chi connectivity index (χ4n) is 0.549. The predicted molar refractivity (Wildman–Crippen MR) is 59.8 cm³/mol. The van der Waals surface area contributed by atoms with Crippen LogP contribution in [0.2, 0.25) is 0 Å². The first-order valence-corrected chi connectivity index (χ1v) is 4.54. The molecule has 0 fully saturated rings. The van der Waals surface area contributed by atoms with Crippen molar-refractivity contribution in [1.29, 1.82) is 0 Å². The number of hydrogen-bond acceptors (Lipinski definition) is 3. The van der Waals surface area contributed by atoms with Gasteiger partial charge in [0.2, 0.25) is 0 Å². The van der Waals surface area contributed by atoms with E-state index in [1.165, 1.54) is 0 Å². The fourth-order valence-corrected chi connectivity index (χ4v) is 0.549. The van der Waals surface area contributed by atoms with E-state index in [9.17, 15) is 4.79 Å². The van der Waals surface area contributed by atoms with Gasteiger partial charge in [-0.15, -0.1) is 0 Å². The van der Waals surface area contributed by atoms with Crippen molar-refractivity contribution >= 4 is 5.97 Å². The molecule has 0 aromatic carbocycles. The van der Waals surface area contributed by atoms with Gasteiger partial charge in [0.1, 0.15) is 6.61 Å². The van der Waals surface area contributed by atoms with Gasteiger partial charge in [-0.2, -0.15) is 0 Å². The van der Waals surface area contributed by atoms with Crippen LogP contribution in [-0.2, 0) is 9.53 Å². The van der Waals surface area contributed by atoms with E-state index in [1.54, 1.807) is 18.2 Å². The Balaban J connectivity index is 0. The smallest absolute Gasteiger partial charge is 0.320 e. The summed E-state index contributed by atoms with van der Waals surface area (Å²) < 4.78 is 4.75. The summed E-state index contributed by atoms with van der Waals surface area (Å²) in [6, 6.07) is 0. The second kappa shape index (κ2) is 11.6. The maximum Gasteiger partial charge on any atom is 0.320 e. The first-order chi connectivity index (χ1) is 6.74. The minimum absolute atomic E-state index is 0.0987. The largest absolute Gasteiger partial charge is 0.460 e. The van der Waals surface area contributed by atoms with E-state index in [-0.39, 0.29) is 13.2 Å². The minimum atomic E-state index is -0.424. The third kappa shape index (κ3) is 8.74. The minimum Gasteiger partial charge on any atom is -0.460 e. The lowest BCUT2D eigenvalue weighted by Gasteiger charge is -2.02. The van der Waals surface area contributed by atoms with Crippen molar-refractivity contribution in [2.45, 2.75) is 13.8 Å². The van der Waals surface area contributed by atoms with Crippen LogP contribution in [0.25, 0.3) is 0 Å². The molecule has 0 bridgehead atoms. The molecular formula is C11H19NO2. The van der Waals surface area contributed by atoms with Gasteiger partial charge in [-0.25, -0.2) is 0 Å². The highest BCUT2D eigenvalue weighted by Crippen LogP contribution is 1.96. The maximum atomic E-state index is 10.6. The SMILES string of the molecule is C=C/C=C(\C=C)COC(=O)CN.CC. The van der Waals surface area contributed by atoms with Crippen molar-refractivity contribution in [1.82, 2.24) is 0 Å². The Labute approximate surface area is 85.9 Å². The Morgan fingerprint density at radius 3 is 2.36 bits per heavy atom. The molecule has 0 atom stereocenters. The molecular weight excluding hydrogens is 178 g/mol. The van der Waals surface area contributed by atoms with Crippen LogP contribution in [0.3, 0.4) is 0 Å². The van der Waals surface area contributed by atoms with Crippen LogP contribution in [0, 0.1) is 0 Å². The van der Waals surface area contributed by atoms with Gasteiger partial charge < -0.3 is 10.5 Å². The highest BCUT2D eigenvalue weighted by atomic mass is 16.5. The summed E-state index contributed by atoms with van der Waals surface area (Å²) in [4.78, 5) is 10.6. The van der Waals surface area contributed by atoms with E-state index in [1.807, 2.05) is 13.8 Å². The van der Waals surface area contributed by atoms with Crippen molar-refractivity contribution in [3.05, 3.63) is 37.0 Å². The molecule has 0 amide bonds. The lowest BCUT2D eigenvalue weighted by Crippen LogP contribution is -2.17. The number of ether oxygens (including phenoxy) is 1. The van der Waals surface area contributed by atoms with Crippen LogP contribution in [0.15, 0.2) is 37.0 Å². The zero-order valence-electron chi connectivity index (χ0n) is 8.95. The third-order valence-electron chi connectivity index (χ3n) is 1.16. The molecule has 14 heavy (non-hydrogen) atoms. The molecule has 0 spiro atoms. The summed E-state index contributed by atoms with van der Waals surface area (Å²) >= 11 is 0. The van der Waals surface area contributed by atoms with Gasteiger partial charge in [-0.3, -0.25) is 4.79 Å². The first kappa shape index (κ1) is 15.1. The molecule has 2 N–H and O–H groups in total. The summed E-state index contributed by atoms with van der Waals surface area (Å²) in [7, 11) is 0. The van der Waals surface area contributed by atoms with Gasteiger partial charge >= 0.3 is 5.97 Å². The van der Waals surface area contributed by atoms with Crippen molar-refractivity contribution in [3.8, 4) is 0 Å². The highest BCUT2D eigenvalue weighted by Gasteiger charge is 1.98. The molecule has 0 heterocycles. The molecule has 3 heteroatoms. The molecule has 0 aromatic heterocycles. The fraction of sp³-hybridized carbons (Fsp3) is 0.364. The third-order valence-corrected chi connectivity index (χ3v) is 1.16. The Bertz CT molecular complexity index is 207. The zero-order chi connectivity index (χ0) is 11.4. The van der Waals surface area contributed by atoms with Gasteiger partial charge in [0.15, 0.2) is 0 Å². The monoisotopic (exact) mass is 197 g/mol.